The van der Waals surface area contributed by atoms with E-state index in [1.807, 2.05) is 0 Å². The van der Waals surface area contributed by atoms with Crippen LogP contribution in [0.3, 0.4) is 0 Å². The molecule has 1 aromatic heterocycles. The highest BCUT2D eigenvalue weighted by atomic mass is 16.5. The summed E-state index contributed by atoms with van der Waals surface area (Å²) in [5, 5.41) is 4.02. The van der Waals surface area contributed by atoms with Crippen LogP contribution in [0.1, 0.15) is 37.4 Å². The third-order valence-corrected chi connectivity index (χ3v) is 3.27. The van der Waals surface area contributed by atoms with Crippen LogP contribution in [-0.4, -0.2) is 40.8 Å². The van der Waals surface area contributed by atoms with Gasteiger partial charge in [0.1, 0.15) is 0 Å². The van der Waals surface area contributed by atoms with Gasteiger partial charge < -0.3 is 9.26 Å². The van der Waals surface area contributed by atoms with Crippen molar-refractivity contribution in [1.82, 2.24) is 15.0 Å². The van der Waals surface area contributed by atoms with Crippen LogP contribution < -0.4 is 0 Å². The van der Waals surface area contributed by atoms with Crippen LogP contribution in [0, 0.1) is 0 Å². The van der Waals surface area contributed by atoms with Crippen molar-refractivity contribution >= 4 is 0 Å². The van der Waals surface area contributed by atoms with Crippen molar-refractivity contribution in [1.29, 1.82) is 0 Å². The largest absolute Gasteiger partial charge is 0.379 e. The molecule has 1 aliphatic heterocycles. The molecule has 5 nitrogen and oxygen atoms in total. The molecule has 5 heteroatoms. The summed E-state index contributed by atoms with van der Waals surface area (Å²) in [5.74, 6) is 2.21. The Morgan fingerprint density at radius 3 is 3.06 bits per heavy atom. The summed E-state index contributed by atoms with van der Waals surface area (Å²) in [6.07, 6.45) is 2.43. The number of hydrogen-bond donors (Lipinski definition) is 0. The molecule has 1 saturated heterocycles. The number of morpholine rings is 1. The average Bonchev–Trinajstić information content (AvgIpc) is 3.03. The maximum absolute atomic E-state index is 5.39. The Morgan fingerprint density at radius 2 is 2.31 bits per heavy atom. The summed E-state index contributed by atoms with van der Waals surface area (Å²) in [7, 11) is 0. The molecule has 0 aromatic carbocycles. The van der Waals surface area contributed by atoms with Gasteiger partial charge in [-0.05, 0) is 19.8 Å². The topological polar surface area (TPSA) is 51.4 Å². The van der Waals surface area contributed by atoms with E-state index in [-0.39, 0.29) is 0 Å². The van der Waals surface area contributed by atoms with Crippen LogP contribution >= 0.6 is 0 Å². The monoisotopic (exact) mass is 223 g/mol. The van der Waals surface area contributed by atoms with E-state index in [1.54, 1.807) is 0 Å². The van der Waals surface area contributed by atoms with Crippen LogP contribution in [0.4, 0.5) is 0 Å². The maximum atomic E-state index is 5.39. The molecule has 2 heterocycles. The number of nitrogens with zero attached hydrogens (tertiary/aromatic N) is 3. The third-order valence-electron chi connectivity index (χ3n) is 3.27. The van der Waals surface area contributed by atoms with E-state index in [4.69, 9.17) is 9.26 Å². The molecule has 3 rings (SSSR count). The molecular formula is C11H17N3O2. The lowest BCUT2D eigenvalue weighted by atomic mass is 10.2. The summed E-state index contributed by atoms with van der Waals surface area (Å²) in [4.78, 5) is 6.77. The molecular weight excluding hydrogens is 206 g/mol. The zero-order chi connectivity index (χ0) is 11.0. The molecule has 0 spiro atoms. The molecule has 0 amide bonds. The summed E-state index contributed by atoms with van der Waals surface area (Å²) < 4.78 is 10.7. The molecule has 0 unspecified atom stereocenters. The van der Waals surface area contributed by atoms with Crippen molar-refractivity contribution in [2.45, 2.75) is 38.3 Å². The van der Waals surface area contributed by atoms with E-state index in [1.165, 1.54) is 12.8 Å². The Kier molecular flexibility index (Phi) is 2.65. The van der Waals surface area contributed by atoms with Gasteiger partial charge >= 0.3 is 0 Å². The van der Waals surface area contributed by atoms with E-state index >= 15 is 0 Å². The first-order valence-corrected chi connectivity index (χ1v) is 5.97. The zero-order valence-corrected chi connectivity index (χ0v) is 9.56. The Labute approximate surface area is 94.8 Å². The van der Waals surface area contributed by atoms with Gasteiger partial charge in [0.05, 0.1) is 19.8 Å². The van der Waals surface area contributed by atoms with E-state index in [2.05, 4.69) is 22.0 Å². The number of hydrogen-bond acceptors (Lipinski definition) is 5. The van der Waals surface area contributed by atoms with Crippen molar-refractivity contribution in [2.75, 3.05) is 19.8 Å². The standard InChI is InChI=1S/C11H17N3O2/c1-8-7-15-5-4-14(8)6-10-12-11(13-16-10)9-2-3-9/h8-9H,2-7H2,1H3/t8-/m1/s1. The quantitative estimate of drug-likeness (QED) is 0.769. The first kappa shape index (κ1) is 10.2. The van der Waals surface area contributed by atoms with Gasteiger partial charge in [-0.2, -0.15) is 4.98 Å². The molecule has 0 N–H and O–H groups in total. The van der Waals surface area contributed by atoms with Gasteiger partial charge in [0.15, 0.2) is 5.82 Å². The van der Waals surface area contributed by atoms with Gasteiger partial charge in [-0.25, -0.2) is 0 Å². The van der Waals surface area contributed by atoms with Crippen molar-refractivity contribution in [3.63, 3.8) is 0 Å². The van der Waals surface area contributed by atoms with Crippen molar-refractivity contribution < 1.29 is 9.26 Å². The van der Waals surface area contributed by atoms with E-state index in [9.17, 15) is 0 Å². The van der Waals surface area contributed by atoms with E-state index in [0.29, 0.717) is 12.0 Å². The smallest absolute Gasteiger partial charge is 0.240 e. The predicted molar refractivity (Wildman–Crippen MR) is 57.0 cm³/mol. The molecule has 16 heavy (non-hydrogen) atoms. The SMILES string of the molecule is C[C@@H]1COCCN1Cc1nc(C2CC2)no1. The maximum Gasteiger partial charge on any atom is 0.240 e. The van der Waals surface area contributed by atoms with Crippen molar-refractivity contribution in [2.24, 2.45) is 0 Å². The molecule has 2 aliphatic rings. The first-order chi connectivity index (χ1) is 7.83. The average molecular weight is 223 g/mol. The minimum atomic E-state index is 0.435. The molecule has 1 aromatic rings. The fourth-order valence-electron chi connectivity index (χ4n) is 2.01. The molecule has 1 aliphatic carbocycles. The second kappa shape index (κ2) is 4.14. The summed E-state index contributed by atoms with van der Waals surface area (Å²) in [5.41, 5.74) is 0. The molecule has 2 fully saturated rings. The zero-order valence-electron chi connectivity index (χ0n) is 9.56. The van der Waals surface area contributed by atoms with Gasteiger partial charge in [-0.3, -0.25) is 4.90 Å². The lowest BCUT2D eigenvalue weighted by Gasteiger charge is -2.31. The highest BCUT2D eigenvalue weighted by molar-refractivity contribution is 5.03. The molecule has 0 bridgehead atoms. The number of rotatable bonds is 3. The van der Waals surface area contributed by atoms with Gasteiger partial charge in [-0.1, -0.05) is 5.16 Å². The van der Waals surface area contributed by atoms with Crippen molar-refractivity contribution in [3.8, 4) is 0 Å². The third kappa shape index (κ3) is 2.10. The normalized spacial score (nSPS) is 27.2. The Morgan fingerprint density at radius 1 is 1.44 bits per heavy atom. The van der Waals surface area contributed by atoms with E-state index in [0.717, 1.165) is 38.0 Å². The van der Waals surface area contributed by atoms with Crippen molar-refractivity contribution in [3.05, 3.63) is 11.7 Å². The Bertz CT molecular complexity index is 362. The molecule has 1 saturated carbocycles. The second-order valence-electron chi connectivity index (χ2n) is 4.72. The van der Waals surface area contributed by atoms with Gasteiger partial charge in [-0.15, -0.1) is 0 Å². The van der Waals surface area contributed by atoms with Gasteiger partial charge in [0.2, 0.25) is 5.89 Å². The lowest BCUT2D eigenvalue weighted by Crippen LogP contribution is -2.42. The molecule has 88 valence electrons. The Hall–Kier alpha value is -0.940. The molecule has 0 radical (unpaired) electrons. The summed E-state index contributed by atoms with van der Waals surface area (Å²) in [6, 6.07) is 0.435. The van der Waals surface area contributed by atoms with Crippen LogP contribution in [0.25, 0.3) is 0 Å². The van der Waals surface area contributed by atoms with Crippen LogP contribution in [0.2, 0.25) is 0 Å². The van der Waals surface area contributed by atoms with Crippen LogP contribution in [0.15, 0.2) is 4.52 Å². The Balaban J connectivity index is 1.63. The van der Waals surface area contributed by atoms with E-state index < -0.39 is 0 Å². The van der Waals surface area contributed by atoms with Gasteiger partial charge in [0.25, 0.3) is 0 Å². The lowest BCUT2D eigenvalue weighted by molar-refractivity contribution is -0.00852. The first-order valence-electron chi connectivity index (χ1n) is 5.97. The highest BCUT2D eigenvalue weighted by Gasteiger charge is 2.29. The number of ether oxygens (including phenoxy) is 1. The summed E-state index contributed by atoms with van der Waals surface area (Å²) >= 11 is 0. The number of aromatic nitrogens is 2. The van der Waals surface area contributed by atoms with Crippen LogP contribution in [-0.2, 0) is 11.3 Å². The fraction of sp³-hybridized carbons (Fsp3) is 0.818. The van der Waals surface area contributed by atoms with Crippen LogP contribution in [0.5, 0.6) is 0 Å². The highest BCUT2D eigenvalue weighted by Crippen LogP contribution is 2.38. The van der Waals surface area contributed by atoms with Gasteiger partial charge in [0, 0.05) is 18.5 Å². The molecule has 1 atom stereocenters. The fourth-order valence-corrected chi connectivity index (χ4v) is 2.01. The second-order valence-corrected chi connectivity index (χ2v) is 4.72. The predicted octanol–water partition coefficient (Wildman–Crippen LogP) is 1.17. The summed E-state index contributed by atoms with van der Waals surface area (Å²) in [6.45, 7) is 5.46. The minimum Gasteiger partial charge on any atom is -0.379 e. The minimum absolute atomic E-state index is 0.435.